The predicted octanol–water partition coefficient (Wildman–Crippen LogP) is 2.97. The number of rotatable bonds is 16. The lowest BCUT2D eigenvalue weighted by Crippen LogP contribution is -2.16. The van der Waals surface area contributed by atoms with Crippen LogP contribution in [0.1, 0.15) is 20.7 Å². The van der Waals surface area contributed by atoms with Crippen molar-refractivity contribution in [2.24, 2.45) is 0 Å². The first-order valence-corrected chi connectivity index (χ1v) is 12.1. The van der Waals surface area contributed by atoms with Crippen LogP contribution in [0.3, 0.4) is 0 Å². The number of carbonyl (C=O) groups is 2. The summed E-state index contributed by atoms with van der Waals surface area (Å²) in [6, 6.07) is 20.3. The molecule has 0 aromatic heterocycles. The van der Waals surface area contributed by atoms with Crippen LogP contribution < -0.4 is 20.1 Å². The highest BCUT2D eigenvalue weighted by Crippen LogP contribution is 2.20. The molecule has 202 valence electrons. The number of amides is 2. The molecular formula is C28H32N2O8. The zero-order valence-corrected chi connectivity index (χ0v) is 20.9. The van der Waals surface area contributed by atoms with Crippen molar-refractivity contribution in [2.45, 2.75) is 0 Å². The van der Waals surface area contributed by atoms with Gasteiger partial charge < -0.3 is 39.8 Å². The van der Waals surface area contributed by atoms with E-state index in [1.54, 1.807) is 66.7 Å². The fraction of sp³-hybridized carbons (Fsp3) is 0.286. The number of carbonyl (C=O) groups excluding carboxylic acids is 2. The number of ether oxygens (including phenoxy) is 4. The number of hydrogen-bond donors (Lipinski definition) is 4. The van der Waals surface area contributed by atoms with Crippen LogP contribution in [-0.2, 0) is 9.47 Å². The van der Waals surface area contributed by atoms with E-state index in [0.29, 0.717) is 60.4 Å². The van der Waals surface area contributed by atoms with E-state index in [9.17, 15) is 9.59 Å². The third-order valence-electron chi connectivity index (χ3n) is 5.03. The van der Waals surface area contributed by atoms with Gasteiger partial charge in [0.05, 0.1) is 39.6 Å². The molecule has 3 rings (SSSR count). The molecular weight excluding hydrogens is 492 g/mol. The molecule has 0 aliphatic carbocycles. The Labute approximate surface area is 221 Å². The molecule has 38 heavy (non-hydrogen) atoms. The molecule has 0 saturated carbocycles. The summed E-state index contributed by atoms with van der Waals surface area (Å²) in [6.07, 6.45) is 0. The van der Waals surface area contributed by atoms with Gasteiger partial charge in [-0.1, -0.05) is 18.2 Å². The second-order valence-corrected chi connectivity index (χ2v) is 7.91. The van der Waals surface area contributed by atoms with E-state index in [1.165, 1.54) is 6.07 Å². The Morgan fingerprint density at radius 3 is 1.47 bits per heavy atom. The highest BCUT2D eigenvalue weighted by molar-refractivity contribution is 6.08. The molecule has 0 saturated heterocycles. The van der Waals surface area contributed by atoms with Gasteiger partial charge >= 0.3 is 0 Å². The molecule has 4 N–H and O–H groups in total. The van der Waals surface area contributed by atoms with Crippen molar-refractivity contribution >= 4 is 23.2 Å². The summed E-state index contributed by atoms with van der Waals surface area (Å²) in [7, 11) is 0. The number of aliphatic hydroxyl groups is 2. The average Bonchev–Trinajstić information content (AvgIpc) is 2.93. The molecule has 0 atom stereocenters. The van der Waals surface area contributed by atoms with E-state index in [-0.39, 0.29) is 38.2 Å². The average molecular weight is 525 g/mol. The molecule has 0 radical (unpaired) electrons. The SMILES string of the molecule is O=C(Nc1cccc(OCCOCCO)c1)c1cccc(C(=O)Nc2cccc(OCCOCCO)c2)c1. The fourth-order valence-corrected chi connectivity index (χ4v) is 3.31. The molecule has 0 fully saturated rings. The Morgan fingerprint density at radius 1 is 0.579 bits per heavy atom. The summed E-state index contributed by atoms with van der Waals surface area (Å²) in [6.45, 7) is 1.70. The van der Waals surface area contributed by atoms with Crippen molar-refractivity contribution in [3.05, 3.63) is 83.9 Å². The van der Waals surface area contributed by atoms with Crippen molar-refractivity contribution in [2.75, 3.05) is 63.5 Å². The second-order valence-electron chi connectivity index (χ2n) is 7.91. The molecule has 0 heterocycles. The lowest BCUT2D eigenvalue weighted by atomic mass is 10.1. The lowest BCUT2D eigenvalue weighted by molar-refractivity contribution is 0.0705. The molecule has 2 amide bonds. The van der Waals surface area contributed by atoms with Gasteiger partial charge in [-0.15, -0.1) is 0 Å². The predicted molar refractivity (Wildman–Crippen MR) is 142 cm³/mol. The van der Waals surface area contributed by atoms with Crippen LogP contribution in [-0.4, -0.2) is 74.9 Å². The van der Waals surface area contributed by atoms with Gasteiger partial charge in [0.25, 0.3) is 11.8 Å². The minimum absolute atomic E-state index is 0.0456. The van der Waals surface area contributed by atoms with E-state index in [1.807, 2.05) is 0 Å². The first-order chi connectivity index (χ1) is 18.6. The Hall–Kier alpha value is -3.96. The first-order valence-electron chi connectivity index (χ1n) is 12.1. The summed E-state index contributed by atoms with van der Waals surface area (Å²) in [5.74, 6) is 0.378. The summed E-state index contributed by atoms with van der Waals surface area (Å²) >= 11 is 0. The maximum Gasteiger partial charge on any atom is 0.255 e. The maximum absolute atomic E-state index is 12.8. The van der Waals surface area contributed by atoms with E-state index < -0.39 is 0 Å². The number of aliphatic hydroxyl groups excluding tert-OH is 2. The number of nitrogens with one attached hydrogen (secondary N) is 2. The van der Waals surface area contributed by atoms with Crippen LogP contribution in [0.25, 0.3) is 0 Å². The normalized spacial score (nSPS) is 10.6. The quantitative estimate of drug-likeness (QED) is 0.210. The van der Waals surface area contributed by atoms with Gasteiger partial charge in [0.2, 0.25) is 0 Å². The molecule has 0 aliphatic rings. The molecule has 0 unspecified atom stereocenters. The van der Waals surface area contributed by atoms with Crippen LogP contribution >= 0.6 is 0 Å². The van der Waals surface area contributed by atoms with Crippen molar-refractivity contribution in [1.29, 1.82) is 0 Å². The fourth-order valence-electron chi connectivity index (χ4n) is 3.31. The van der Waals surface area contributed by atoms with Gasteiger partial charge in [0.1, 0.15) is 24.7 Å². The highest BCUT2D eigenvalue weighted by atomic mass is 16.5. The van der Waals surface area contributed by atoms with Gasteiger partial charge in [-0.3, -0.25) is 9.59 Å². The van der Waals surface area contributed by atoms with Crippen LogP contribution in [0.5, 0.6) is 11.5 Å². The summed E-state index contributed by atoms with van der Waals surface area (Å²) in [5.41, 5.74) is 1.72. The standard InChI is InChI=1S/C28H32N2O8/c31-10-12-35-14-16-37-25-8-2-6-23(19-25)29-27(33)21-4-1-5-22(18-21)28(34)30-24-7-3-9-26(20-24)38-17-15-36-13-11-32/h1-9,18-20,31-32H,10-17H2,(H,29,33)(H,30,34). The number of anilines is 2. The third-order valence-corrected chi connectivity index (χ3v) is 5.03. The van der Waals surface area contributed by atoms with Gasteiger partial charge in [-0.25, -0.2) is 0 Å². The Morgan fingerprint density at radius 2 is 1.03 bits per heavy atom. The Balaban J connectivity index is 1.55. The summed E-state index contributed by atoms with van der Waals surface area (Å²) < 4.78 is 21.5. The zero-order chi connectivity index (χ0) is 27.0. The van der Waals surface area contributed by atoms with E-state index in [2.05, 4.69) is 10.6 Å². The van der Waals surface area contributed by atoms with Gasteiger partial charge in [-0.2, -0.15) is 0 Å². The van der Waals surface area contributed by atoms with E-state index in [4.69, 9.17) is 29.2 Å². The molecule has 10 heteroatoms. The second kappa shape index (κ2) is 16.0. The van der Waals surface area contributed by atoms with Crippen LogP contribution in [0.2, 0.25) is 0 Å². The van der Waals surface area contributed by atoms with Gasteiger partial charge in [-0.05, 0) is 42.5 Å². The molecule has 3 aromatic rings. The largest absolute Gasteiger partial charge is 0.491 e. The molecule has 10 nitrogen and oxygen atoms in total. The first kappa shape index (κ1) is 28.6. The van der Waals surface area contributed by atoms with Gasteiger partial charge in [0, 0.05) is 34.6 Å². The molecule has 0 bridgehead atoms. The monoisotopic (exact) mass is 524 g/mol. The minimum atomic E-state index is -0.373. The van der Waals surface area contributed by atoms with Crippen molar-refractivity contribution < 1.29 is 38.7 Å². The molecule has 3 aromatic carbocycles. The smallest absolute Gasteiger partial charge is 0.255 e. The van der Waals surface area contributed by atoms with E-state index >= 15 is 0 Å². The van der Waals surface area contributed by atoms with Crippen LogP contribution in [0.15, 0.2) is 72.8 Å². The summed E-state index contributed by atoms with van der Waals surface area (Å²) in [5, 5.41) is 23.1. The van der Waals surface area contributed by atoms with Crippen molar-refractivity contribution in [3.63, 3.8) is 0 Å². The number of benzene rings is 3. The molecule has 0 spiro atoms. The molecule has 0 aliphatic heterocycles. The summed E-state index contributed by atoms with van der Waals surface area (Å²) in [4.78, 5) is 25.7. The van der Waals surface area contributed by atoms with Crippen LogP contribution in [0, 0.1) is 0 Å². The van der Waals surface area contributed by atoms with Crippen molar-refractivity contribution in [3.8, 4) is 11.5 Å². The highest BCUT2D eigenvalue weighted by Gasteiger charge is 2.12. The Kier molecular flexibility index (Phi) is 12.0. The topological polar surface area (TPSA) is 136 Å². The van der Waals surface area contributed by atoms with E-state index in [0.717, 1.165) is 0 Å². The van der Waals surface area contributed by atoms with Gasteiger partial charge in [0.15, 0.2) is 0 Å². The number of hydrogen-bond acceptors (Lipinski definition) is 8. The third kappa shape index (κ3) is 9.83. The Bertz CT molecular complexity index is 1080. The zero-order valence-electron chi connectivity index (χ0n) is 20.9. The van der Waals surface area contributed by atoms with Crippen molar-refractivity contribution in [1.82, 2.24) is 0 Å². The lowest BCUT2D eigenvalue weighted by Gasteiger charge is -2.11. The minimum Gasteiger partial charge on any atom is -0.491 e. The van der Waals surface area contributed by atoms with Crippen LogP contribution in [0.4, 0.5) is 11.4 Å². The maximum atomic E-state index is 12.8.